The molecule has 0 aliphatic carbocycles. The molecule has 0 aromatic carbocycles. The van der Waals surface area contributed by atoms with E-state index in [-0.39, 0.29) is 21.7 Å². The Morgan fingerprint density at radius 1 is 1.31 bits per heavy atom. The highest BCUT2D eigenvalue weighted by Gasteiger charge is 2.07. The summed E-state index contributed by atoms with van der Waals surface area (Å²) < 4.78 is 1.62. The van der Waals surface area contributed by atoms with Gasteiger partial charge in [0.1, 0.15) is 10.3 Å². The first kappa shape index (κ1) is 11.2. The molecule has 5 nitrogen and oxygen atoms in total. The van der Waals surface area contributed by atoms with Gasteiger partial charge in [0, 0.05) is 12.4 Å². The van der Waals surface area contributed by atoms with E-state index < -0.39 is 0 Å². The van der Waals surface area contributed by atoms with Crippen molar-refractivity contribution in [1.82, 2.24) is 19.5 Å². The van der Waals surface area contributed by atoms with Crippen LogP contribution in [-0.4, -0.2) is 19.5 Å². The number of nitrogens with zero attached hydrogens (tertiary/aromatic N) is 4. The van der Waals surface area contributed by atoms with Crippen LogP contribution in [0.15, 0.2) is 34.1 Å². The topological polar surface area (TPSA) is 60.7 Å². The third-order valence-electron chi connectivity index (χ3n) is 1.87. The Morgan fingerprint density at radius 3 is 2.69 bits per heavy atom. The molecule has 16 heavy (non-hydrogen) atoms. The van der Waals surface area contributed by atoms with E-state index in [2.05, 4.69) is 30.9 Å². The highest BCUT2D eigenvalue weighted by atomic mass is 79.9. The summed E-state index contributed by atoms with van der Waals surface area (Å²) in [4.78, 5) is 23.6. The highest BCUT2D eigenvalue weighted by Crippen LogP contribution is 2.13. The van der Waals surface area contributed by atoms with Crippen LogP contribution in [-0.2, 0) is 6.54 Å². The number of aromatic nitrogens is 4. The summed E-state index contributed by atoms with van der Waals surface area (Å²) >= 11 is 8.76. The van der Waals surface area contributed by atoms with Crippen LogP contribution < -0.4 is 5.56 Å². The Kier molecular flexibility index (Phi) is 3.31. The molecule has 0 saturated heterocycles. The highest BCUT2D eigenvalue weighted by molar-refractivity contribution is 9.10. The average molecular weight is 302 g/mol. The van der Waals surface area contributed by atoms with Crippen LogP contribution in [0.2, 0.25) is 5.15 Å². The van der Waals surface area contributed by atoms with Crippen molar-refractivity contribution in [3.63, 3.8) is 0 Å². The van der Waals surface area contributed by atoms with Gasteiger partial charge >= 0.3 is 0 Å². The second-order valence-electron chi connectivity index (χ2n) is 2.95. The molecule has 0 spiro atoms. The lowest BCUT2D eigenvalue weighted by molar-refractivity contribution is 0.693. The summed E-state index contributed by atoms with van der Waals surface area (Å²) in [6, 6.07) is 1.71. The van der Waals surface area contributed by atoms with E-state index in [1.807, 2.05) is 0 Å². The van der Waals surface area contributed by atoms with Gasteiger partial charge in [-0.1, -0.05) is 11.6 Å². The van der Waals surface area contributed by atoms with E-state index in [1.165, 1.54) is 10.9 Å². The maximum absolute atomic E-state index is 11.7. The molecule has 0 atom stereocenters. The molecule has 0 saturated carbocycles. The van der Waals surface area contributed by atoms with Crippen LogP contribution in [0.25, 0.3) is 0 Å². The Hall–Kier alpha value is -1.27. The monoisotopic (exact) mass is 300 g/mol. The van der Waals surface area contributed by atoms with Crippen LogP contribution in [0, 0.1) is 0 Å². The van der Waals surface area contributed by atoms with Gasteiger partial charge in [0.05, 0.1) is 12.9 Å². The fourth-order valence-corrected chi connectivity index (χ4v) is 1.58. The molecular formula is C9H6BrClN4O. The maximum Gasteiger partial charge on any atom is 0.269 e. The van der Waals surface area contributed by atoms with Crippen LogP contribution in [0.3, 0.4) is 0 Å². The molecule has 82 valence electrons. The van der Waals surface area contributed by atoms with Crippen molar-refractivity contribution >= 4 is 27.5 Å². The minimum Gasteiger partial charge on any atom is -0.290 e. The Balaban J connectivity index is 2.37. The summed E-state index contributed by atoms with van der Waals surface area (Å²) in [6.45, 7) is 0.266. The molecule has 2 heterocycles. The lowest BCUT2D eigenvalue weighted by Crippen LogP contribution is -2.22. The van der Waals surface area contributed by atoms with E-state index >= 15 is 0 Å². The summed E-state index contributed by atoms with van der Waals surface area (Å²) in [7, 11) is 0. The average Bonchev–Trinajstić information content (AvgIpc) is 2.31. The molecule has 0 amide bonds. The van der Waals surface area contributed by atoms with Crippen LogP contribution in [0.4, 0.5) is 0 Å². The zero-order chi connectivity index (χ0) is 11.5. The van der Waals surface area contributed by atoms with E-state index in [0.29, 0.717) is 5.82 Å². The molecule has 2 rings (SSSR count). The third-order valence-corrected chi connectivity index (χ3v) is 3.10. The summed E-state index contributed by atoms with van der Waals surface area (Å²) in [5, 5.41) is 0.148. The molecule has 0 bridgehead atoms. The summed E-state index contributed by atoms with van der Waals surface area (Å²) in [6.07, 6.45) is 4.60. The first-order valence-corrected chi connectivity index (χ1v) is 5.52. The van der Waals surface area contributed by atoms with Crippen LogP contribution >= 0.6 is 27.5 Å². The summed E-state index contributed by atoms with van der Waals surface area (Å²) in [5.74, 6) is 0.542. The van der Waals surface area contributed by atoms with Gasteiger partial charge in [-0.05, 0) is 22.0 Å². The SMILES string of the molecule is O=c1c(Br)c(Cl)ncn1Cc1ncccn1. The molecule has 2 aromatic heterocycles. The number of rotatable bonds is 2. The third kappa shape index (κ3) is 2.28. The van der Waals surface area contributed by atoms with Crippen molar-refractivity contribution in [2.24, 2.45) is 0 Å². The molecular weight excluding hydrogens is 295 g/mol. The molecule has 0 N–H and O–H groups in total. The minimum absolute atomic E-state index is 0.148. The lowest BCUT2D eigenvalue weighted by atomic mass is 10.5. The second-order valence-corrected chi connectivity index (χ2v) is 4.10. The van der Waals surface area contributed by atoms with Crippen LogP contribution in [0.1, 0.15) is 5.82 Å². The molecule has 0 aliphatic rings. The smallest absolute Gasteiger partial charge is 0.269 e. The lowest BCUT2D eigenvalue weighted by Gasteiger charge is -2.04. The molecule has 0 fully saturated rings. The molecule has 2 aromatic rings. The van der Waals surface area contributed by atoms with Gasteiger partial charge in [0.15, 0.2) is 5.15 Å². The quantitative estimate of drug-likeness (QED) is 0.789. The van der Waals surface area contributed by atoms with Gasteiger partial charge in [0.25, 0.3) is 5.56 Å². The van der Waals surface area contributed by atoms with Gasteiger partial charge in [-0.3, -0.25) is 9.36 Å². The number of hydrogen-bond donors (Lipinski definition) is 0. The molecule has 0 unspecified atom stereocenters. The van der Waals surface area contributed by atoms with Crippen molar-refractivity contribution in [3.8, 4) is 0 Å². The van der Waals surface area contributed by atoms with Crippen molar-refractivity contribution in [1.29, 1.82) is 0 Å². The fraction of sp³-hybridized carbons (Fsp3) is 0.111. The van der Waals surface area contributed by atoms with E-state index in [0.717, 1.165) is 0 Å². The van der Waals surface area contributed by atoms with Gasteiger partial charge in [-0.15, -0.1) is 0 Å². The predicted molar refractivity (Wildman–Crippen MR) is 62.3 cm³/mol. The zero-order valence-electron chi connectivity index (χ0n) is 7.97. The van der Waals surface area contributed by atoms with E-state index in [4.69, 9.17) is 11.6 Å². The minimum atomic E-state index is -0.257. The Bertz CT molecular complexity index is 557. The second kappa shape index (κ2) is 4.71. The van der Waals surface area contributed by atoms with Crippen molar-refractivity contribution in [2.75, 3.05) is 0 Å². The first-order valence-electron chi connectivity index (χ1n) is 4.35. The van der Waals surface area contributed by atoms with E-state index in [9.17, 15) is 4.79 Å². The van der Waals surface area contributed by atoms with Crippen molar-refractivity contribution < 1.29 is 0 Å². The largest absolute Gasteiger partial charge is 0.290 e. The van der Waals surface area contributed by atoms with Crippen LogP contribution in [0.5, 0.6) is 0 Å². The van der Waals surface area contributed by atoms with Gasteiger partial charge in [-0.25, -0.2) is 15.0 Å². The summed E-state index contributed by atoms with van der Waals surface area (Å²) in [5.41, 5.74) is -0.257. The van der Waals surface area contributed by atoms with Gasteiger partial charge in [-0.2, -0.15) is 0 Å². The van der Waals surface area contributed by atoms with Gasteiger partial charge < -0.3 is 0 Å². The maximum atomic E-state index is 11.7. The first-order chi connectivity index (χ1) is 7.68. The normalized spacial score (nSPS) is 10.4. The number of hydrogen-bond acceptors (Lipinski definition) is 4. The molecule has 7 heteroatoms. The van der Waals surface area contributed by atoms with E-state index in [1.54, 1.807) is 18.5 Å². The van der Waals surface area contributed by atoms with Gasteiger partial charge in [0.2, 0.25) is 0 Å². The fourth-order valence-electron chi connectivity index (χ4n) is 1.12. The molecule has 0 aliphatic heterocycles. The van der Waals surface area contributed by atoms with Crippen molar-refractivity contribution in [2.45, 2.75) is 6.54 Å². The number of halogens is 2. The Labute approximate surface area is 104 Å². The standard InChI is InChI=1S/C9H6BrClN4O/c10-7-8(11)14-5-15(9(7)16)4-6-12-2-1-3-13-6/h1-3,5H,4H2. The van der Waals surface area contributed by atoms with Crippen molar-refractivity contribution in [3.05, 3.63) is 50.6 Å². The Morgan fingerprint density at radius 2 is 2.00 bits per heavy atom. The predicted octanol–water partition coefficient (Wildman–Crippen LogP) is 1.50. The molecule has 0 radical (unpaired) electrons. The zero-order valence-corrected chi connectivity index (χ0v) is 10.3.